The topological polar surface area (TPSA) is 191 Å². The Balaban J connectivity index is 1.43. The summed E-state index contributed by atoms with van der Waals surface area (Å²) >= 11 is 3.46. The smallest absolute Gasteiger partial charge is 0.352 e. The molecule has 0 radical (unpaired) electrons. The first kappa shape index (κ1) is 33.2. The number of hydrogen-bond acceptors (Lipinski definition) is 14. The number of oxime groups is 1. The average Bonchev–Trinajstić information content (AvgIpc) is 3.45. The number of fused-ring (bicyclic) bond motifs is 2. The number of amides is 2. The van der Waals surface area contributed by atoms with Crippen molar-refractivity contribution < 1.29 is 47.0 Å². The van der Waals surface area contributed by atoms with E-state index in [-0.39, 0.29) is 50.1 Å². The Labute approximate surface area is 272 Å². The van der Waals surface area contributed by atoms with Crippen LogP contribution >= 0.6 is 46.2 Å². The number of esters is 1. The number of nitrogens with one attached hydrogen (secondary N) is 1. The lowest BCUT2D eigenvalue weighted by Gasteiger charge is -2.49. The van der Waals surface area contributed by atoms with Gasteiger partial charge in [0.1, 0.15) is 35.5 Å². The number of nitrogens with zero attached hydrogens (tertiary/aromatic N) is 3. The van der Waals surface area contributed by atoms with Crippen LogP contribution < -0.4 is 16.5 Å². The molecular formula is C26H20F3N5O8S4. The summed E-state index contributed by atoms with van der Waals surface area (Å²) in [7, 11) is 1.21. The van der Waals surface area contributed by atoms with Gasteiger partial charge in [0.15, 0.2) is 28.3 Å². The number of nitrogen functional groups attached to an aromatic ring is 1. The van der Waals surface area contributed by atoms with Crippen LogP contribution in [0.2, 0.25) is 0 Å². The first-order chi connectivity index (χ1) is 21.9. The lowest BCUT2D eigenvalue weighted by Crippen LogP contribution is -2.71. The van der Waals surface area contributed by atoms with Crippen LogP contribution in [-0.4, -0.2) is 81.1 Å². The number of carboxylic acids is 1. The minimum absolute atomic E-state index is 0.0442. The van der Waals surface area contributed by atoms with Gasteiger partial charge < -0.3 is 25.7 Å². The number of aromatic nitrogens is 1. The quantitative estimate of drug-likeness (QED) is 0.0696. The summed E-state index contributed by atoms with van der Waals surface area (Å²) in [6.07, 6.45) is 0. The Kier molecular flexibility index (Phi) is 9.61. The standard InChI is InChI=1S/C26H20F3N5O8S4/c1-3-42-24(40)12-18(35)9-4-10(27)13(28)14(29)19(9)46-25(12)44-6-8-5-43-22-16(21(37)34(22)17(8)23(38)39)32-20(36)15(33-41-2)11-7-45-26(30)31-11/h4,7,16,22H,3,5-6H2,1-2H3,(H2,30,31)(H,32,36)(H,38,39)/b33-15-/t16-,22+/m1/s1. The zero-order valence-corrected chi connectivity index (χ0v) is 26.7. The summed E-state index contributed by atoms with van der Waals surface area (Å²) in [5.74, 6) is -9.28. The minimum atomic E-state index is -1.80. The second-order valence-electron chi connectivity index (χ2n) is 9.28. The molecule has 4 heterocycles. The summed E-state index contributed by atoms with van der Waals surface area (Å²) < 4.78 is 46.9. The van der Waals surface area contributed by atoms with Crippen molar-refractivity contribution in [1.29, 1.82) is 0 Å². The zero-order valence-electron chi connectivity index (χ0n) is 23.4. The predicted molar refractivity (Wildman–Crippen MR) is 164 cm³/mol. The third-order valence-corrected chi connectivity index (χ3v) is 11.1. The fraction of sp³-hybridized carbons (Fsp3) is 0.269. The van der Waals surface area contributed by atoms with E-state index < -0.39 is 73.7 Å². The molecule has 4 N–H and O–H groups in total. The predicted octanol–water partition coefficient (Wildman–Crippen LogP) is 2.78. The summed E-state index contributed by atoms with van der Waals surface area (Å²) in [5, 5.41) is 16.5. The monoisotopic (exact) mass is 715 g/mol. The molecule has 2 aliphatic rings. The van der Waals surface area contributed by atoms with Crippen LogP contribution in [0.1, 0.15) is 23.0 Å². The molecule has 13 nitrogen and oxygen atoms in total. The second kappa shape index (κ2) is 13.3. The van der Waals surface area contributed by atoms with Gasteiger partial charge in [-0.1, -0.05) is 5.16 Å². The molecule has 2 amide bonds. The molecule has 1 saturated heterocycles. The van der Waals surface area contributed by atoms with Crippen molar-refractivity contribution in [2.24, 2.45) is 5.16 Å². The van der Waals surface area contributed by atoms with Gasteiger partial charge in [0.2, 0.25) is 5.43 Å². The molecule has 0 bridgehead atoms. The molecule has 20 heteroatoms. The number of thioether (sulfide) groups is 2. The number of carbonyl (C=O) groups is 4. The van der Waals surface area contributed by atoms with E-state index >= 15 is 0 Å². The Morgan fingerprint density at radius 3 is 2.63 bits per heavy atom. The van der Waals surface area contributed by atoms with Gasteiger partial charge in [0.25, 0.3) is 11.8 Å². The number of anilines is 1. The molecule has 1 fully saturated rings. The van der Waals surface area contributed by atoms with Crippen LogP contribution in [0.25, 0.3) is 10.1 Å². The van der Waals surface area contributed by atoms with Gasteiger partial charge in [-0.25, -0.2) is 27.7 Å². The van der Waals surface area contributed by atoms with Crippen molar-refractivity contribution in [2.75, 3.05) is 31.0 Å². The minimum Gasteiger partial charge on any atom is -0.477 e. The summed E-state index contributed by atoms with van der Waals surface area (Å²) in [6.45, 7) is 1.35. The highest BCUT2D eigenvalue weighted by atomic mass is 32.2. The van der Waals surface area contributed by atoms with Crippen LogP contribution in [0.15, 0.2) is 36.9 Å². The van der Waals surface area contributed by atoms with Crippen LogP contribution in [0.5, 0.6) is 0 Å². The summed E-state index contributed by atoms with van der Waals surface area (Å²) in [4.78, 5) is 74.1. The number of β-lactam (4-membered cyclic amide) rings is 1. The van der Waals surface area contributed by atoms with Crippen LogP contribution in [-0.2, 0) is 24.0 Å². The highest BCUT2D eigenvalue weighted by Crippen LogP contribution is 2.43. The van der Waals surface area contributed by atoms with Crippen LogP contribution in [0.3, 0.4) is 0 Å². The first-order valence-corrected chi connectivity index (χ1v) is 16.6. The number of thiazole rings is 1. The van der Waals surface area contributed by atoms with E-state index in [9.17, 15) is 42.3 Å². The molecule has 242 valence electrons. The number of benzene rings is 1. The van der Waals surface area contributed by atoms with E-state index in [0.29, 0.717) is 17.4 Å². The van der Waals surface area contributed by atoms with Crippen LogP contribution in [0, 0.1) is 17.5 Å². The van der Waals surface area contributed by atoms with Gasteiger partial charge in [0.05, 0.1) is 15.5 Å². The van der Waals surface area contributed by atoms with Crippen molar-refractivity contribution in [3.05, 3.63) is 61.6 Å². The van der Waals surface area contributed by atoms with Crippen molar-refractivity contribution in [3.63, 3.8) is 0 Å². The molecule has 2 aromatic heterocycles. The number of ether oxygens (including phenoxy) is 1. The Bertz CT molecular complexity index is 1930. The molecule has 0 spiro atoms. The van der Waals surface area contributed by atoms with E-state index in [1.54, 1.807) is 0 Å². The van der Waals surface area contributed by atoms with Gasteiger partial charge in [0, 0.05) is 22.3 Å². The molecule has 0 aliphatic carbocycles. The number of nitrogens with two attached hydrogens (primary N) is 1. The zero-order chi connectivity index (χ0) is 33.4. The van der Waals surface area contributed by atoms with Crippen molar-refractivity contribution >= 4 is 90.9 Å². The van der Waals surface area contributed by atoms with Gasteiger partial charge in [-0.2, -0.15) is 0 Å². The normalized spacial score (nSPS) is 17.9. The van der Waals surface area contributed by atoms with Gasteiger partial charge in [-0.3, -0.25) is 19.3 Å². The van der Waals surface area contributed by atoms with Crippen molar-refractivity contribution in [1.82, 2.24) is 15.2 Å². The van der Waals surface area contributed by atoms with Gasteiger partial charge >= 0.3 is 11.9 Å². The third kappa shape index (κ3) is 5.92. The maximum Gasteiger partial charge on any atom is 0.352 e. The van der Waals surface area contributed by atoms with Gasteiger partial charge in [-0.15, -0.1) is 46.2 Å². The maximum absolute atomic E-state index is 14.7. The Hall–Kier alpha value is -4.14. The average molecular weight is 716 g/mol. The molecule has 5 rings (SSSR count). The van der Waals surface area contributed by atoms with E-state index in [0.717, 1.165) is 39.8 Å². The highest BCUT2D eigenvalue weighted by Gasteiger charge is 2.54. The van der Waals surface area contributed by atoms with Gasteiger partial charge in [-0.05, 0) is 18.6 Å². The number of halogens is 3. The lowest BCUT2D eigenvalue weighted by molar-refractivity contribution is -0.150. The Morgan fingerprint density at radius 1 is 1.26 bits per heavy atom. The fourth-order valence-electron chi connectivity index (χ4n) is 4.55. The largest absolute Gasteiger partial charge is 0.477 e. The molecule has 2 aliphatic heterocycles. The SMILES string of the molecule is CCOC(=O)c1c(SCC2=C(C(=O)O)N3C(=O)[C@@H](NC(=O)/C(=N\OC)c4csc(N)n4)[C@@H]3SC2)sc2c(F)c(F)c(F)cc2c1=O. The van der Waals surface area contributed by atoms with E-state index in [2.05, 4.69) is 15.5 Å². The number of aliphatic carboxylic acids is 1. The molecular weight excluding hydrogens is 696 g/mol. The molecule has 2 atom stereocenters. The van der Waals surface area contributed by atoms with Crippen LogP contribution in [0.4, 0.5) is 18.3 Å². The third-order valence-electron chi connectivity index (χ3n) is 6.54. The fourth-order valence-corrected chi connectivity index (χ4v) is 9.00. The van der Waals surface area contributed by atoms with Crippen molar-refractivity contribution in [3.8, 4) is 0 Å². The number of hydrogen-bond donors (Lipinski definition) is 3. The van der Waals surface area contributed by atoms with Crippen molar-refractivity contribution in [2.45, 2.75) is 22.5 Å². The molecule has 0 saturated carbocycles. The van der Waals surface area contributed by atoms with E-state index in [1.807, 2.05) is 0 Å². The molecule has 0 unspecified atom stereocenters. The van der Waals surface area contributed by atoms with E-state index in [1.165, 1.54) is 19.4 Å². The highest BCUT2D eigenvalue weighted by molar-refractivity contribution is 8.02. The molecule has 46 heavy (non-hydrogen) atoms. The number of carboxylic acid groups (broad SMARTS) is 1. The number of rotatable bonds is 10. The van der Waals surface area contributed by atoms with E-state index in [4.69, 9.17) is 15.3 Å². The first-order valence-electron chi connectivity index (χ1n) is 12.9. The maximum atomic E-state index is 14.7. The number of carbonyl (C=O) groups excluding carboxylic acids is 3. The molecule has 3 aromatic rings. The summed E-state index contributed by atoms with van der Waals surface area (Å²) in [6, 6.07) is -0.633. The molecule has 1 aromatic carbocycles. The summed E-state index contributed by atoms with van der Waals surface area (Å²) in [5.41, 5.74) is 3.68. The lowest BCUT2D eigenvalue weighted by atomic mass is 10.0. The Morgan fingerprint density at radius 2 is 2.00 bits per heavy atom. The second-order valence-corrected chi connectivity index (χ2v) is 13.5.